The molecule has 23 heavy (non-hydrogen) atoms. The van der Waals surface area contributed by atoms with E-state index < -0.39 is 5.91 Å². The fourth-order valence-electron chi connectivity index (χ4n) is 3.03. The van der Waals surface area contributed by atoms with E-state index in [1.165, 1.54) is 12.8 Å². The predicted octanol–water partition coefficient (Wildman–Crippen LogP) is 2.46. The summed E-state index contributed by atoms with van der Waals surface area (Å²) in [5.41, 5.74) is -0.285. The quantitative estimate of drug-likeness (QED) is 0.658. The van der Waals surface area contributed by atoms with Crippen molar-refractivity contribution in [2.75, 3.05) is 24.6 Å². The van der Waals surface area contributed by atoms with Crippen LogP contribution in [0.3, 0.4) is 0 Å². The second kappa shape index (κ2) is 6.03. The van der Waals surface area contributed by atoms with Gasteiger partial charge < -0.3 is 18.9 Å². The van der Waals surface area contributed by atoms with Crippen LogP contribution < -0.4 is 10.2 Å². The van der Waals surface area contributed by atoms with Gasteiger partial charge in [-0.25, -0.2) is 0 Å². The number of nitrogens with one attached hydrogen (secondary N) is 1. The van der Waals surface area contributed by atoms with Gasteiger partial charge in [-0.3, -0.25) is 5.32 Å². The summed E-state index contributed by atoms with van der Waals surface area (Å²) in [6.45, 7) is 12.8. The van der Waals surface area contributed by atoms with Gasteiger partial charge in [-0.15, -0.1) is 0 Å². The first kappa shape index (κ1) is 16.7. The first-order valence-corrected chi connectivity index (χ1v) is 8.47. The van der Waals surface area contributed by atoms with Gasteiger partial charge in [0.1, 0.15) is 6.61 Å². The predicted molar refractivity (Wildman–Crippen MR) is 86.0 cm³/mol. The Bertz CT molecular complexity index is 536. The molecular formula is C16H28N4O3. The lowest BCUT2D eigenvalue weighted by atomic mass is 10.0. The van der Waals surface area contributed by atoms with E-state index in [2.05, 4.69) is 27.3 Å². The molecule has 0 aromatic carbocycles. The molecule has 0 bridgehead atoms. The van der Waals surface area contributed by atoms with Crippen molar-refractivity contribution in [3.05, 3.63) is 5.89 Å². The third kappa shape index (κ3) is 4.22. The van der Waals surface area contributed by atoms with E-state index in [0.29, 0.717) is 24.4 Å². The molecule has 1 aromatic heterocycles. The minimum absolute atomic E-state index is 0.136. The van der Waals surface area contributed by atoms with Crippen LogP contribution in [0.1, 0.15) is 59.4 Å². The second-order valence-corrected chi connectivity index (χ2v) is 7.75. The molecule has 3 rings (SSSR count). The number of hydrogen-bond acceptors (Lipinski definition) is 7. The molecule has 130 valence electrons. The highest BCUT2D eigenvalue weighted by Crippen LogP contribution is 2.33. The zero-order chi connectivity index (χ0) is 16.7. The molecular weight excluding hydrogens is 296 g/mol. The first-order chi connectivity index (χ1) is 10.8. The van der Waals surface area contributed by atoms with Crippen molar-refractivity contribution in [3.8, 4) is 0 Å². The van der Waals surface area contributed by atoms with Crippen molar-refractivity contribution in [2.24, 2.45) is 5.92 Å². The maximum absolute atomic E-state index is 5.93. The second-order valence-electron chi connectivity index (χ2n) is 7.75. The summed E-state index contributed by atoms with van der Waals surface area (Å²) >= 11 is 0. The largest absolute Gasteiger partial charge is 0.338 e. The molecule has 3 heterocycles. The summed E-state index contributed by atoms with van der Waals surface area (Å²) in [5.74, 6) is 1.18. The maximum Gasteiger partial charge on any atom is 0.266 e. The Hall–Kier alpha value is -1.18. The number of anilines is 1. The van der Waals surface area contributed by atoms with Crippen molar-refractivity contribution in [1.82, 2.24) is 15.5 Å². The maximum atomic E-state index is 5.93. The first-order valence-electron chi connectivity index (χ1n) is 8.47. The summed E-state index contributed by atoms with van der Waals surface area (Å²) in [6.07, 6.45) is 2.44. The van der Waals surface area contributed by atoms with Gasteiger partial charge in [0, 0.05) is 13.1 Å². The molecule has 1 N–H and O–H groups in total. The molecule has 7 heteroatoms. The molecule has 2 fully saturated rings. The van der Waals surface area contributed by atoms with E-state index in [4.69, 9.17) is 14.0 Å². The molecule has 3 atom stereocenters. The Kier molecular flexibility index (Phi) is 4.37. The highest BCUT2D eigenvalue weighted by atomic mass is 16.8. The SMILES string of the molecule is C[C@H]1CCCN(c2noc([C@@H](C)NC3(OC(C)(C)C)CO3)n2)C1. The molecule has 0 aliphatic carbocycles. The molecule has 2 aliphatic rings. The Morgan fingerprint density at radius 2 is 2.17 bits per heavy atom. The Labute approximate surface area is 137 Å². The minimum atomic E-state index is -0.730. The molecule has 0 amide bonds. The average molecular weight is 324 g/mol. The van der Waals surface area contributed by atoms with E-state index in [9.17, 15) is 0 Å². The highest BCUT2D eigenvalue weighted by Gasteiger charge is 2.50. The van der Waals surface area contributed by atoms with E-state index >= 15 is 0 Å². The zero-order valence-electron chi connectivity index (χ0n) is 14.8. The number of ether oxygens (including phenoxy) is 2. The molecule has 2 saturated heterocycles. The monoisotopic (exact) mass is 324 g/mol. The van der Waals surface area contributed by atoms with Crippen molar-refractivity contribution >= 4 is 5.95 Å². The van der Waals surface area contributed by atoms with Gasteiger partial charge >= 0.3 is 0 Å². The lowest BCUT2D eigenvalue weighted by Gasteiger charge is -2.29. The Morgan fingerprint density at radius 1 is 1.43 bits per heavy atom. The van der Waals surface area contributed by atoms with Crippen LogP contribution >= 0.6 is 0 Å². The van der Waals surface area contributed by atoms with Crippen molar-refractivity contribution < 1.29 is 14.0 Å². The molecule has 1 unspecified atom stereocenters. The summed E-state index contributed by atoms with van der Waals surface area (Å²) < 4.78 is 16.8. The molecule has 7 nitrogen and oxygen atoms in total. The van der Waals surface area contributed by atoms with Crippen LogP contribution in [0.2, 0.25) is 0 Å². The zero-order valence-corrected chi connectivity index (χ0v) is 14.8. The van der Waals surface area contributed by atoms with Gasteiger partial charge in [0.15, 0.2) is 0 Å². The summed E-state index contributed by atoms with van der Waals surface area (Å²) in [4.78, 5) is 6.75. The number of epoxide rings is 1. The summed E-state index contributed by atoms with van der Waals surface area (Å²) in [6, 6.07) is -0.136. The van der Waals surface area contributed by atoms with Gasteiger partial charge in [0.05, 0.1) is 11.6 Å². The van der Waals surface area contributed by atoms with Gasteiger partial charge in [-0.05, 0) is 51.6 Å². The van der Waals surface area contributed by atoms with Crippen LogP contribution in [-0.2, 0) is 9.47 Å². The van der Waals surface area contributed by atoms with Gasteiger partial charge in [-0.2, -0.15) is 4.98 Å². The lowest BCUT2D eigenvalue weighted by molar-refractivity contribution is -0.149. The minimum Gasteiger partial charge on any atom is -0.338 e. The van der Waals surface area contributed by atoms with Crippen LogP contribution in [0, 0.1) is 5.92 Å². The van der Waals surface area contributed by atoms with E-state index in [0.717, 1.165) is 13.1 Å². The lowest BCUT2D eigenvalue weighted by Crippen LogP contribution is -2.43. The van der Waals surface area contributed by atoms with Crippen molar-refractivity contribution in [1.29, 1.82) is 0 Å². The van der Waals surface area contributed by atoms with Crippen LogP contribution in [0.15, 0.2) is 4.52 Å². The van der Waals surface area contributed by atoms with Crippen molar-refractivity contribution in [2.45, 2.75) is 65.0 Å². The van der Waals surface area contributed by atoms with E-state index in [-0.39, 0.29) is 11.6 Å². The third-order valence-electron chi connectivity index (χ3n) is 4.06. The smallest absolute Gasteiger partial charge is 0.266 e. The number of rotatable bonds is 5. The van der Waals surface area contributed by atoms with Gasteiger partial charge in [-0.1, -0.05) is 6.92 Å². The molecule has 0 saturated carbocycles. The third-order valence-corrected chi connectivity index (χ3v) is 4.06. The van der Waals surface area contributed by atoms with Gasteiger partial charge in [0.2, 0.25) is 5.89 Å². The fraction of sp³-hybridized carbons (Fsp3) is 0.875. The molecule has 0 radical (unpaired) electrons. The molecule has 2 aliphatic heterocycles. The molecule has 0 spiro atoms. The van der Waals surface area contributed by atoms with Crippen LogP contribution in [-0.4, -0.2) is 41.3 Å². The van der Waals surface area contributed by atoms with Gasteiger partial charge in [0.25, 0.3) is 11.9 Å². The summed E-state index contributed by atoms with van der Waals surface area (Å²) in [7, 11) is 0. The average Bonchev–Trinajstić information content (AvgIpc) is 3.01. The molecule has 1 aromatic rings. The highest BCUT2D eigenvalue weighted by molar-refractivity contribution is 5.28. The normalized spacial score (nSPS) is 29.6. The summed E-state index contributed by atoms with van der Waals surface area (Å²) in [5, 5.41) is 7.44. The number of nitrogens with zero attached hydrogens (tertiary/aromatic N) is 3. The Balaban J connectivity index is 1.61. The number of aromatic nitrogens is 2. The van der Waals surface area contributed by atoms with E-state index in [1.807, 2.05) is 27.7 Å². The fourth-order valence-corrected chi connectivity index (χ4v) is 3.03. The number of piperidine rings is 1. The standard InChI is InChI=1S/C16H28N4O3/c1-11-7-6-8-20(9-11)14-17-13(22-19-14)12(2)18-16(10-21-16)23-15(3,4)5/h11-12,18H,6-10H2,1-5H3/t11-,12+,16?/m0/s1. The van der Waals surface area contributed by atoms with Crippen molar-refractivity contribution in [3.63, 3.8) is 0 Å². The van der Waals surface area contributed by atoms with Crippen LogP contribution in [0.5, 0.6) is 0 Å². The van der Waals surface area contributed by atoms with Crippen LogP contribution in [0.4, 0.5) is 5.95 Å². The van der Waals surface area contributed by atoms with Crippen LogP contribution in [0.25, 0.3) is 0 Å². The van der Waals surface area contributed by atoms with E-state index in [1.54, 1.807) is 0 Å². The topological polar surface area (TPSA) is 76.0 Å². The Morgan fingerprint density at radius 3 is 2.78 bits per heavy atom. The number of hydrogen-bond donors (Lipinski definition) is 1.